The van der Waals surface area contributed by atoms with Crippen LogP contribution in [0.5, 0.6) is 0 Å². The summed E-state index contributed by atoms with van der Waals surface area (Å²) in [7, 11) is 1.97. The fourth-order valence-corrected chi connectivity index (χ4v) is 1.14. The fourth-order valence-electron chi connectivity index (χ4n) is 0.905. The van der Waals surface area contributed by atoms with E-state index in [0.717, 1.165) is 6.67 Å². The van der Waals surface area contributed by atoms with Gasteiger partial charge in [0, 0.05) is 6.54 Å². The first-order valence-corrected chi connectivity index (χ1v) is 3.76. The summed E-state index contributed by atoms with van der Waals surface area (Å²) in [4.78, 5) is 2.04. The lowest BCUT2D eigenvalue weighted by Crippen LogP contribution is -2.35. The number of hydrogen-bond acceptors (Lipinski definition) is 5. The third-order valence-electron chi connectivity index (χ3n) is 1.48. The van der Waals surface area contributed by atoms with Gasteiger partial charge in [0.25, 0.3) is 0 Å². The van der Waals surface area contributed by atoms with Crippen LogP contribution in [0.3, 0.4) is 0 Å². The first-order chi connectivity index (χ1) is 4.74. The Bertz CT molecular complexity index is 103. The third-order valence-corrected chi connectivity index (χ3v) is 1.99. The average molecular weight is 163 g/mol. The van der Waals surface area contributed by atoms with Crippen LogP contribution in [0, 0.1) is 0 Å². The number of nitrogens with zero attached hydrogens (tertiary/aromatic N) is 2. The molecule has 0 aromatic heterocycles. The molecule has 1 aliphatic rings. The predicted octanol–water partition coefficient (Wildman–Crippen LogP) is -1.10. The van der Waals surface area contributed by atoms with Crippen molar-refractivity contribution in [3.63, 3.8) is 0 Å². The maximum atomic E-state index is 8.57. The zero-order chi connectivity index (χ0) is 7.56. The van der Waals surface area contributed by atoms with E-state index in [1.54, 1.807) is 0 Å². The van der Waals surface area contributed by atoms with E-state index in [-0.39, 0.29) is 12.1 Å². The number of nitrogens with one attached hydrogen (secondary N) is 1. The molecule has 1 aliphatic heterocycles. The highest BCUT2D eigenvalue weighted by Crippen LogP contribution is 2.06. The molecule has 60 valence electrons. The van der Waals surface area contributed by atoms with E-state index >= 15 is 0 Å². The Labute approximate surface area is 66.2 Å². The zero-order valence-corrected chi connectivity index (χ0v) is 6.88. The van der Waals surface area contributed by atoms with Crippen LogP contribution >= 0.6 is 12.6 Å². The van der Waals surface area contributed by atoms with Crippen LogP contribution in [0.4, 0.5) is 0 Å². The van der Waals surface area contributed by atoms with E-state index in [4.69, 9.17) is 5.11 Å². The Hall–Kier alpha value is 0.190. The lowest BCUT2D eigenvalue weighted by Gasteiger charge is -2.11. The summed E-state index contributed by atoms with van der Waals surface area (Å²) in [6, 6.07) is 0. The van der Waals surface area contributed by atoms with Gasteiger partial charge < -0.3 is 5.11 Å². The van der Waals surface area contributed by atoms with Gasteiger partial charge in [0.15, 0.2) is 0 Å². The standard InChI is InChI=1S/C5H13N3OS/c1-7-4-8(2-3-9)6-5(7)10/h5-6,9-10H,2-4H2,1H3. The topological polar surface area (TPSA) is 38.7 Å². The number of thiol groups is 1. The molecule has 1 saturated heterocycles. The lowest BCUT2D eigenvalue weighted by molar-refractivity contribution is 0.170. The minimum absolute atomic E-state index is 0.0894. The monoisotopic (exact) mass is 163 g/mol. The Morgan fingerprint density at radius 3 is 2.90 bits per heavy atom. The van der Waals surface area contributed by atoms with Crippen molar-refractivity contribution in [1.29, 1.82) is 0 Å². The van der Waals surface area contributed by atoms with Crippen LogP contribution in [0.1, 0.15) is 0 Å². The molecule has 1 rings (SSSR count). The summed E-state index contributed by atoms with van der Waals surface area (Å²) in [5.41, 5.74) is 3.16. The van der Waals surface area contributed by atoms with Crippen LogP contribution in [-0.4, -0.2) is 47.4 Å². The molecule has 5 heteroatoms. The van der Waals surface area contributed by atoms with Gasteiger partial charge in [-0.05, 0) is 7.05 Å². The molecule has 0 radical (unpaired) electrons. The molecule has 0 bridgehead atoms. The van der Waals surface area contributed by atoms with Gasteiger partial charge >= 0.3 is 0 Å². The molecule has 0 aromatic rings. The Kier molecular flexibility index (Phi) is 2.94. The number of aliphatic hydroxyl groups excluding tert-OH is 1. The third kappa shape index (κ3) is 1.83. The lowest BCUT2D eigenvalue weighted by atomic mass is 10.7. The second kappa shape index (κ2) is 3.54. The SMILES string of the molecule is CN1CN(CCO)NC1S. The quantitative estimate of drug-likeness (QED) is 0.452. The summed E-state index contributed by atoms with van der Waals surface area (Å²) in [6.45, 7) is 1.65. The van der Waals surface area contributed by atoms with Crippen molar-refractivity contribution in [3.8, 4) is 0 Å². The Morgan fingerprint density at radius 2 is 2.50 bits per heavy atom. The maximum Gasteiger partial charge on any atom is 0.119 e. The molecule has 0 aromatic carbocycles. The van der Waals surface area contributed by atoms with Crippen molar-refractivity contribution in [1.82, 2.24) is 15.3 Å². The second-order valence-corrected chi connectivity index (χ2v) is 2.88. The van der Waals surface area contributed by atoms with Crippen LogP contribution in [-0.2, 0) is 0 Å². The first kappa shape index (κ1) is 8.29. The van der Waals surface area contributed by atoms with Gasteiger partial charge in [-0.3, -0.25) is 4.90 Å². The Balaban J connectivity index is 2.27. The highest BCUT2D eigenvalue weighted by Gasteiger charge is 2.22. The summed E-state index contributed by atoms with van der Waals surface area (Å²) in [5.74, 6) is 0. The molecule has 1 unspecified atom stereocenters. The summed E-state index contributed by atoms with van der Waals surface area (Å²) in [6.07, 6.45) is 0. The highest BCUT2D eigenvalue weighted by molar-refractivity contribution is 7.80. The number of aliphatic hydroxyl groups is 1. The van der Waals surface area contributed by atoms with E-state index in [2.05, 4.69) is 18.1 Å². The zero-order valence-electron chi connectivity index (χ0n) is 5.99. The molecule has 2 N–H and O–H groups in total. The molecular weight excluding hydrogens is 150 g/mol. The van der Waals surface area contributed by atoms with Crippen molar-refractivity contribution < 1.29 is 5.11 Å². The smallest absolute Gasteiger partial charge is 0.119 e. The van der Waals surface area contributed by atoms with Gasteiger partial charge in [-0.1, -0.05) is 0 Å². The summed E-state index contributed by atoms with van der Waals surface area (Å²) in [5, 5.41) is 10.5. The molecule has 0 saturated carbocycles. The van der Waals surface area contributed by atoms with E-state index in [1.165, 1.54) is 0 Å². The van der Waals surface area contributed by atoms with Gasteiger partial charge in [0.05, 0.1) is 13.3 Å². The number of β-amino-alcohol motifs (C(OH)–C–C–N with tert-alkyl or cyclic N) is 1. The van der Waals surface area contributed by atoms with Crippen LogP contribution in [0.25, 0.3) is 0 Å². The van der Waals surface area contributed by atoms with E-state index in [0.29, 0.717) is 6.54 Å². The van der Waals surface area contributed by atoms with E-state index < -0.39 is 0 Å². The summed E-state index contributed by atoms with van der Waals surface area (Å²) < 4.78 is 0. The molecule has 1 atom stereocenters. The molecule has 4 nitrogen and oxygen atoms in total. The normalized spacial score (nSPS) is 29.7. The molecule has 0 aliphatic carbocycles. The van der Waals surface area contributed by atoms with Crippen molar-refractivity contribution in [2.24, 2.45) is 0 Å². The maximum absolute atomic E-state index is 8.57. The largest absolute Gasteiger partial charge is 0.395 e. The van der Waals surface area contributed by atoms with Crippen LogP contribution in [0.2, 0.25) is 0 Å². The minimum atomic E-state index is 0.0894. The highest BCUT2D eigenvalue weighted by atomic mass is 32.1. The predicted molar refractivity (Wildman–Crippen MR) is 42.3 cm³/mol. The summed E-state index contributed by atoms with van der Waals surface area (Å²) >= 11 is 4.23. The van der Waals surface area contributed by atoms with Crippen molar-refractivity contribution in [2.75, 3.05) is 26.9 Å². The fraction of sp³-hybridized carbons (Fsp3) is 1.00. The number of hydrazine groups is 1. The molecule has 0 amide bonds. The Morgan fingerprint density at radius 1 is 1.80 bits per heavy atom. The molecule has 1 heterocycles. The van der Waals surface area contributed by atoms with E-state index in [1.807, 2.05) is 17.0 Å². The number of hydrogen-bond donors (Lipinski definition) is 3. The second-order valence-electron chi connectivity index (χ2n) is 2.39. The van der Waals surface area contributed by atoms with E-state index in [9.17, 15) is 0 Å². The molecular formula is C5H13N3OS. The van der Waals surface area contributed by atoms with Crippen LogP contribution < -0.4 is 5.43 Å². The minimum Gasteiger partial charge on any atom is -0.395 e. The van der Waals surface area contributed by atoms with Gasteiger partial charge in [-0.25, -0.2) is 10.4 Å². The van der Waals surface area contributed by atoms with Crippen molar-refractivity contribution >= 4 is 12.6 Å². The van der Waals surface area contributed by atoms with Crippen molar-refractivity contribution in [2.45, 2.75) is 5.50 Å². The number of rotatable bonds is 2. The first-order valence-electron chi connectivity index (χ1n) is 3.24. The molecule has 10 heavy (non-hydrogen) atoms. The molecule has 0 spiro atoms. The van der Waals surface area contributed by atoms with Gasteiger partial charge in [0.2, 0.25) is 0 Å². The van der Waals surface area contributed by atoms with Gasteiger partial charge in [-0.15, -0.1) is 12.6 Å². The van der Waals surface area contributed by atoms with Crippen molar-refractivity contribution in [3.05, 3.63) is 0 Å². The van der Waals surface area contributed by atoms with Gasteiger partial charge in [-0.2, -0.15) is 0 Å². The van der Waals surface area contributed by atoms with Crippen LogP contribution in [0.15, 0.2) is 0 Å². The molecule has 1 fully saturated rings. The average Bonchev–Trinajstić information content (AvgIpc) is 2.14. The van der Waals surface area contributed by atoms with Gasteiger partial charge in [0.1, 0.15) is 5.50 Å².